The highest BCUT2D eigenvalue weighted by Gasteiger charge is 2.47. The molecule has 0 amide bonds. The fourth-order valence-electron chi connectivity index (χ4n) is 3.60. The summed E-state index contributed by atoms with van der Waals surface area (Å²) in [4.78, 5) is 2.30. The van der Waals surface area contributed by atoms with E-state index in [9.17, 15) is 0 Å². The first kappa shape index (κ1) is 12.6. The molecule has 1 heterocycles. The van der Waals surface area contributed by atoms with Crippen molar-refractivity contribution in [3.05, 3.63) is 0 Å². The number of oxime groups is 1. The predicted molar refractivity (Wildman–Crippen MR) is 66.1 cm³/mol. The van der Waals surface area contributed by atoms with Gasteiger partial charge in [-0.3, -0.25) is 4.90 Å². The van der Waals surface area contributed by atoms with Crippen LogP contribution in [-0.4, -0.2) is 49.3 Å². The highest BCUT2D eigenvalue weighted by molar-refractivity contribution is 5.81. The van der Waals surface area contributed by atoms with Crippen LogP contribution in [0, 0.1) is 11.3 Å². The van der Waals surface area contributed by atoms with Crippen molar-refractivity contribution in [1.82, 2.24) is 4.90 Å². The molecule has 1 saturated carbocycles. The minimum Gasteiger partial charge on any atom is -0.409 e. The van der Waals surface area contributed by atoms with E-state index in [2.05, 4.69) is 10.1 Å². The van der Waals surface area contributed by atoms with Gasteiger partial charge in [-0.1, -0.05) is 18.0 Å². The highest BCUT2D eigenvalue weighted by atomic mass is 16.5. The van der Waals surface area contributed by atoms with Gasteiger partial charge in [0.15, 0.2) is 5.84 Å². The number of nitrogens with two attached hydrogens (primary N) is 1. The molecule has 5 nitrogen and oxygen atoms in total. The molecule has 0 aromatic heterocycles. The minimum absolute atomic E-state index is 0.302. The van der Waals surface area contributed by atoms with E-state index in [0.29, 0.717) is 23.7 Å². The Labute approximate surface area is 103 Å². The molecule has 5 heteroatoms. The van der Waals surface area contributed by atoms with Crippen LogP contribution in [0.25, 0.3) is 0 Å². The van der Waals surface area contributed by atoms with Crippen molar-refractivity contribution in [2.24, 2.45) is 22.2 Å². The van der Waals surface area contributed by atoms with Crippen molar-refractivity contribution in [3.8, 4) is 0 Å². The van der Waals surface area contributed by atoms with E-state index >= 15 is 0 Å². The zero-order chi connectivity index (χ0) is 12.3. The molecule has 0 radical (unpaired) electrons. The fraction of sp³-hybridized carbons (Fsp3) is 0.917. The second-order valence-corrected chi connectivity index (χ2v) is 5.50. The van der Waals surface area contributed by atoms with Crippen LogP contribution in [-0.2, 0) is 4.74 Å². The second-order valence-electron chi connectivity index (χ2n) is 5.50. The van der Waals surface area contributed by atoms with Crippen LogP contribution < -0.4 is 5.73 Å². The van der Waals surface area contributed by atoms with Gasteiger partial charge in [0.05, 0.1) is 13.2 Å². The number of nitrogens with zero attached hydrogens (tertiary/aromatic N) is 2. The summed E-state index contributed by atoms with van der Waals surface area (Å²) in [6, 6.07) is 0. The van der Waals surface area contributed by atoms with Gasteiger partial charge < -0.3 is 15.7 Å². The topological polar surface area (TPSA) is 71.1 Å². The summed E-state index contributed by atoms with van der Waals surface area (Å²) in [5, 5.41) is 11.7. The summed E-state index contributed by atoms with van der Waals surface area (Å²) < 4.78 is 5.43. The van der Waals surface area contributed by atoms with Gasteiger partial charge in [0, 0.05) is 25.6 Å². The summed E-state index contributed by atoms with van der Waals surface area (Å²) in [6.07, 6.45) is 5.17. The Hall–Kier alpha value is -0.810. The summed E-state index contributed by atoms with van der Waals surface area (Å²) in [6.45, 7) is 3.48. The van der Waals surface area contributed by atoms with Gasteiger partial charge in [-0.15, -0.1) is 0 Å². The second kappa shape index (κ2) is 5.23. The predicted octanol–water partition coefficient (Wildman–Crippen LogP) is 0.871. The van der Waals surface area contributed by atoms with Crippen molar-refractivity contribution in [1.29, 1.82) is 0 Å². The molecule has 0 bridgehead atoms. The lowest BCUT2D eigenvalue weighted by Gasteiger charge is -2.38. The number of hydrogen-bond acceptors (Lipinski definition) is 4. The summed E-state index contributed by atoms with van der Waals surface area (Å²) in [7, 11) is 1.78. The number of rotatable bonds is 4. The molecular formula is C12H23N3O2. The van der Waals surface area contributed by atoms with Gasteiger partial charge in [-0.2, -0.15) is 0 Å². The first-order valence-corrected chi connectivity index (χ1v) is 6.38. The maximum Gasteiger partial charge on any atom is 0.153 e. The molecule has 0 spiro atoms. The normalized spacial score (nSPS) is 34.9. The third-order valence-corrected chi connectivity index (χ3v) is 4.31. The van der Waals surface area contributed by atoms with E-state index < -0.39 is 0 Å². The Morgan fingerprint density at radius 2 is 2.41 bits per heavy atom. The molecule has 0 aromatic rings. The van der Waals surface area contributed by atoms with E-state index in [4.69, 9.17) is 15.7 Å². The van der Waals surface area contributed by atoms with Gasteiger partial charge in [-0.05, 0) is 18.8 Å². The summed E-state index contributed by atoms with van der Waals surface area (Å²) >= 11 is 0. The number of likely N-dealkylation sites (tertiary alicyclic amines) is 1. The third kappa shape index (κ3) is 2.55. The van der Waals surface area contributed by atoms with Gasteiger partial charge in [0.2, 0.25) is 0 Å². The van der Waals surface area contributed by atoms with Crippen LogP contribution >= 0.6 is 0 Å². The van der Waals surface area contributed by atoms with Gasteiger partial charge >= 0.3 is 0 Å². The number of ether oxygens (including phenoxy) is 1. The van der Waals surface area contributed by atoms with Gasteiger partial charge in [0.1, 0.15) is 0 Å². The minimum atomic E-state index is 0.302. The Balaban J connectivity index is 2.03. The number of fused-ring (bicyclic) bond motifs is 1. The first-order valence-electron chi connectivity index (χ1n) is 6.38. The van der Waals surface area contributed by atoms with Crippen LogP contribution in [0.2, 0.25) is 0 Å². The van der Waals surface area contributed by atoms with E-state index in [0.717, 1.165) is 19.7 Å². The van der Waals surface area contributed by atoms with Crippen LogP contribution in [0.1, 0.15) is 25.7 Å². The zero-order valence-corrected chi connectivity index (χ0v) is 10.6. The molecule has 1 saturated heterocycles. The maximum atomic E-state index is 8.63. The Kier molecular flexibility index (Phi) is 3.89. The highest BCUT2D eigenvalue weighted by Crippen LogP contribution is 2.46. The average molecular weight is 241 g/mol. The standard InChI is InChI=1S/C12H23N3O2/c1-17-9-12-5-3-2-4-10(12)6-15(8-12)7-11(13)14-16/h10,16H,2-9H2,1H3,(H2,13,14). The lowest BCUT2D eigenvalue weighted by Crippen LogP contribution is -2.38. The van der Waals surface area contributed by atoms with Crippen molar-refractivity contribution < 1.29 is 9.94 Å². The Morgan fingerprint density at radius 3 is 3.12 bits per heavy atom. The van der Waals surface area contributed by atoms with Crippen LogP contribution in [0.3, 0.4) is 0 Å². The molecule has 1 aliphatic carbocycles. The third-order valence-electron chi connectivity index (χ3n) is 4.31. The quantitative estimate of drug-likeness (QED) is 0.331. The molecule has 98 valence electrons. The smallest absolute Gasteiger partial charge is 0.153 e. The molecule has 0 aromatic carbocycles. The SMILES string of the molecule is COCC12CCCCC1CN(C/C(N)=N/O)C2. The lowest BCUT2D eigenvalue weighted by atomic mass is 9.69. The fourth-order valence-corrected chi connectivity index (χ4v) is 3.60. The van der Waals surface area contributed by atoms with Crippen LogP contribution in [0.4, 0.5) is 0 Å². The lowest BCUT2D eigenvalue weighted by molar-refractivity contribution is 0.0302. The zero-order valence-electron chi connectivity index (χ0n) is 10.6. The van der Waals surface area contributed by atoms with Gasteiger partial charge in [0.25, 0.3) is 0 Å². The maximum absolute atomic E-state index is 8.63. The van der Waals surface area contributed by atoms with E-state index in [1.807, 2.05) is 0 Å². The number of methoxy groups -OCH3 is 1. The number of amidine groups is 1. The number of hydrogen-bond donors (Lipinski definition) is 2. The molecule has 2 atom stereocenters. The van der Waals surface area contributed by atoms with E-state index in [1.165, 1.54) is 25.7 Å². The largest absolute Gasteiger partial charge is 0.409 e. The molecule has 2 rings (SSSR count). The average Bonchev–Trinajstić information content (AvgIpc) is 2.67. The molecule has 2 aliphatic rings. The van der Waals surface area contributed by atoms with E-state index in [-0.39, 0.29) is 0 Å². The Morgan fingerprint density at radius 1 is 1.59 bits per heavy atom. The molecular weight excluding hydrogens is 218 g/mol. The molecule has 2 unspecified atom stereocenters. The molecule has 3 N–H and O–H groups in total. The van der Waals surface area contributed by atoms with E-state index in [1.54, 1.807) is 7.11 Å². The van der Waals surface area contributed by atoms with Crippen molar-refractivity contribution in [2.75, 3.05) is 33.4 Å². The monoisotopic (exact) mass is 241 g/mol. The van der Waals surface area contributed by atoms with Crippen molar-refractivity contribution in [3.63, 3.8) is 0 Å². The summed E-state index contributed by atoms with van der Waals surface area (Å²) in [5.74, 6) is 1.01. The molecule has 1 aliphatic heterocycles. The first-order chi connectivity index (χ1) is 8.20. The van der Waals surface area contributed by atoms with Crippen molar-refractivity contribution >= 4 is 5.84 Å². The summed E-state index contributed by atoms with van der Waals surface area (Å²) in [5.41, 5.74) is 5.89. The van der Waals surface area contributed by atoms with Crippen molar-refractivity contribution in [2.45, 2.75) is 25.7 Å². The molecule has 17 heavy (non-hydrogen) atoms. The van der Waals surface area contributed by atoms with Gasteiger partial charge in [-0.25, -0.2) is 0 Å². The van der Waals surface area contributed by atoms with Crippen LogP contribution in [0.15, 0.2) is 5.16 Å². The van der Waals surface area contributed by atoms with Crippen LogP contribution in [0.5, 0.6) is 0 Å². The molecule has 2 fully saturated rings. The Bertz CT molecular complexity index is 291.